The normalized spacial score (nSPS) is 14.9. The van der Waals surface area contributed by atoms with E-state index in [1.165, 1.54) is 12.8 Å². The predicted octanol–water partition coefficient (Wildman–Crippen LogP) is 1.15. The SMILES string of the molecule is C#CCNC(=O)C(=O)Nc1ccc(N2CCC(CN(C)C)CC2)cc1. The number of nitrogens with zero attached hydrogens (tertiary/aromatic N) is 2. The maximum absolute atomic E-state index is 11.7. The van der Waals surface area contributed by atoms with Crippen LogP contribution in [0.1, 0.15) is 12.8 Å². The van der Waals surface area contributed by atoms with E-state index in [2.05, 4.69) is 40.4 Å². The van der Waals surface area contributed by atoms with Crippen LogP contribution in [0.2, 0.25) is 0 Å². The molecule has 0 spiro atoms. The van der Waals surface area contributed by atoms with E-state index in [-0.39, 0.29) is 6.54 Å². The molecule has 0 unspecified atom stereocenters. The van der Waals surface area contributed by atoms with Crippen LogP contribution in [0.5, 0.6) is 0 Å². The molecule has 1 aromatic carbocycles. The number of rotatable bonds is 5. The van der Waals surface area contributed by atoms with Crippen molar-refractivity contribution in [2.75, 3.05) is 50.5 Å². The summed E-state index contributed by atoms with van der Waals surface area (Å²) in [5.41, 5.74) is 1.73. The lowest BCUT2D eigenvalue weighted by Gasteiger charge is -2.34. The summed E-state index contributed by atoms with van der Waals surface area (Å²) in [6.45, 7) is 3.26. The van der Waals surface area contributed by atoms with Crippen molar-refractivity contribution in [3.05, 3.63) is 24.3 Å². The number of hydrogen-bond donors (Lipinski definition) is 2. The third kappa shape index (κ3) is 5.80. The van der Waals surface area contributed by atoms with E-state index in [1.54, 1.807) is 0 Å². The standard InChI is InChI=1S/C19H26N4O2/c1-4-11-20-18(24)19(25)21-16-5-7-17(8-6-16)23-12-9-15(10-13-23)14-22(2)3/h1,5-8,15H,9-14H2,2-3H3,(H,20,24)(H,21,25). The monoisotopic (exact) mass is 342 g/mol. The molecule has 2 amide bonds. The molecule has 6 nitrogen and oxygen atoms in total. The van der Waals surface area contributed by atoms with Crippen LogP contribution in [0.25, 0.3) is 0 Å². The van der Waals surface area contributed by atoms with Crippen LogP contribution in [0.3, 0.4) is 0 Å². The van der Waals surface area contributed by atoms with E-state index >= 15 is 0 Å². The molecule has 2 N–H and O–H groups in total. The van der Waals surface area contributed by atoms with Gasteiger partial charge in [-0.25, -0.2) is 0 Å². The fourth-order valence-electron chi connectivity index (χ4n) is 3.05. The molecule has 0 aliphatic carbocycles. The number of amides is 2. The number of carbonyl (C=O) groups excluding carboxylic acids is 2. The van der Waals surface area contributed by atoms with E-state index in [1.807, 2.05) is 24.3 Å². The third-order valence-electron chi connectivity index (χ3n) is 4.29. The van der Waals surface area contributed by atoms with Crippen LogP contribution in [0.4, 0.5) is 11.4 Å². The van der Waals surface area contributed by atoms with Crippen LogP contribution in [-0.4, -0.2) is 57.0 Å². The summed E-state index contributed by atoms with van der Waals surface area (Å²) in [4.78, 5) is 27.8. The molecule has 1 aliphatic heterocycles. The molecule has 1 aromatic rings. The Morgan fingerprint density at radius 3 is 2.40 bits per heavy atom. The average Bonchev–Trinajstić information content (AvgIpc) is 2.60. The van der Waals surface area contributed by atoms with Gasteiger partial charge < -0.3 is 20.4 Å². The lowest BCUT2D eigenvalue weighted by atomic mass is 9.96. The smallest absolute Gasteiger partial charge is 0.313 e. The van der Waals surface area contributed by atoms with Crippen molar-refractivity contribution in [2.45, 2.75) is 12.8 Å². The quantitative estimate of drug-likeness (QED) is 0.622. The van der Waals surface area contributed by atoms with Gasteiger partial charge in [-0.1, -0.05) is 5.92 Å². The highest BCUT2D eigenvalue weighted by Crippen LogP contribution is 2.24. The zero-order valence-corrected chi connectivity index (χ0v) is 14.9. The van der Waals surface area contributed by atoms with Gasteiger partial charge in [0.2, 0.25) is 0 Å². The first kappa shape index (κ1) is 18.8. The summed E-state index contributed by atoms with van der Waals surface area (Å²) >= 11 is 0. The largest absolute Gasteiger partial charge is 0.372 e. The molecule has 1 heterocycles. The summed E-state index contributed by atoms with van der Waals surface area (Å²) in [5.74, 6) is 1.56. The van der Waals surface area contributed by atoms with Gasteiger partial charge in [-0.2, -0.15) is 0 Å². The van der Waals surface area contributed by atoms with Gasteiger partial charge >= 0.3 is 11.8 Å². The van der Waals surface area contributed by atoms with Crippen LogP contribution < -0.4 is 15.5 Å². The summed E-state index contributed by atoms with van der Waals surface area (Å²) < 4.78 is 0. The predicted molar refractivity (Wildman–Crippen MR) is 100 cm³/mol. The Morgan fingerprint density at radius 1 is 1.20 bits per heavy atom. The lowest BCUT2D eigenvalue weighted by molar-refractivity contribution is -0.136. The Hall–Kier alpha value is -2.52. The molecule has 1 aliphatic rings. The molecule has 0 atom stereocenters. The molecule has 1 saturated heterocycles. The first-order chi connectivity index (χ1) is 12.0. The van der Waals surface area contributed by atoms with E-state index in [0.29, 0.717) is 5.69 Å². The molecule has 0 aromatic heterocycles. The zero-order chi connectivity index (χ0) is 18.2. The van der Waals surface area contributed by atoms with Gasteiger partial charge in [0.1, 0.15) is 0 Å². The molecule has 25 heavy (non-hydrogen) atoms. The Bertz CT molecular complexity index is 626. The van der Waals surface area contributed by atoms with Crippen LogP contribution in [0.15, 0.2) is 24.3 Å². The van der Waals surface area contributed by atoms with E-state index in [9.17, 15) is 9.59 Å². The highest BCUT2D eigenvalue weighted by atomic mass is 16.2. The summed E-state index contributed by atoms with van der Waals surface area (Å²) in [6, 6.07) is 7.57. The molecule has 0 saturated carbocycles. The van der Waals surface area contributed by atoms with Crippen LogP contribution >= 0.6 is 0 Å². The summed E-state index contributed by atoms with van der Waals surface area (Å²) in [7, 11) is 4.23. The van der Waals surface area contributed by atoms with E-state index < -0.39 is 11.8 Å². The van der Waals surface area contributed by atoms with E-state index in [0.717, 1.165) is 31.2 Å². The number of piperidine rings is 1. The molecular formula is C19H26N4O2. The first-order valence-corrected chi connectivity index (χ1v) is 8.52. The van der Waals surface area contributed by atoms with Crippen molar-refractivity contribution in [3.8, 4) is 12.3 Å². The van der Waals surface area contributed by atoms with Crippen LogP contribution in [-0.2, 0) is 9.59 Å². The minimum absolute atomic E-state index is 0.0367. The Kier molecular flexibility index (Phi) is 6.84. The van der Waals surface area contributed by atoms with Crippen molar-refractivity contribution in [1.82, 2.24) is 10.2 Å². The fourth-order valence-corrected chi connectivity index (χ4v) is 3.05. The van der Waals surface area contributed by atoms with Crippen molar-refractivity contribution >= 4 is 23.2 Å². The molecule has 6 heteroatoms. The summed E-state index contributed by atoms with van der Waals surface area (Å²) in [5, 5.41) is 4.90. The second kappa shape index (κ2) is 9.09. The number of nitrogens with one attached hydrogen (secondary N) is 2. The minimum Gasteiger partial charge on any atom is -0.372 e. The Balaban J connectivity index is 1.85. The van der Waals surface area contributed by atoms with Gasteiger partial charge in [0, 0.05) is 31.0 Å². The molecule has 2 rings (SSSR count). The maximum Gasteiger partial charge on any atom is 0.313 e. The van der Waals surface area contributed by atoms with Crippen molar-refractivity contribution in [2.24, 2.45) is 5.92 Å². The van der Waals surface area contributed by atoms with Gasteiger partial charge in [0.05, 0.1) is 6.54 Å². The van der Waals surface area contributed by atoms with Gasteiger partial charge in [-0.05, 0) is 57.1 Å². The molecule has 1 fully saturated rings. The second-order valence-corrected chi connectivity index (χ2v) is 6.58. The number of terminal acetylenes is 1. The minimum atomic E-state index is -0.731. The number of hydrogen-bond acceptors (Lipinski definition) is 4. The Labute approximate surface area is 149 Å². The average molecular weight is 342 g/mol. The van der Waals surface area contributed by atoms with Gasteiger partial charge in [-0.15, -0.1) is 6.42 Å². The van der Waals surface area contributed by atoms with Crippen molar-refractivity contribution in [3.63, 3.8) is 0 Å². The van der Waals surface area contributed by atoms with Gasteiger partial charge in [0.25, 0.3) is 0 Å². The topological polar surface area (TPSA) is 64.7 Å². The maximum atomic E-state index is 11.7. The first-order valence-electron chi connectivity index (χ1n) is 8.52. The Morgan fingerprint density at radius 2 is 1.84 bits per heavy atom. The highest BCUT2D eigenvalue weighted by molar-refractivity contribution is 6.39. The van der Waals surface area contributed by atoms with Crippen molar-refractivity contribution < 1.29 is 9.59 Å². The van der Waals surface area contributed by atoms with E-state index in [4.69, 9.17) is 6.42 Å². The highest BCUT2D eigenvalue weighted by Gasteiger charge is 2.20. The molecular weight excluding hydrogens is 316 g/mol. The molecule has 134 valence electrons. The van der Waals surface area contributed by atoms with Gasteiger partial charge in [-0.3, -0.25) is 9.59 Å². The number of benzene rings is 1. The molecule has 0 radical (unpaired) electrons. The van der Waals surface area contributed by atoms with Gasteiger partial charge in [0.15, 0.2) is 0 Å². The van der Waals surface area contributed by atoms with Crippen LogP contribution in [0, 0.1) is 18.3 Å². The lowest BCUT2D eigenvalue weighted by Crippen LogP contribution is -2.37. The fraction of sp³-hybridized carbons (Fsp3) is 0.474. The number of carbonyl (C=O) groups is 2. The molecule has 0 bridgehead atoms. The van der Waals surface area contributed by atoms with Crippen molar-refractivity contribution in [1.29, 1.82) is 0 Å². The summed E-state index contributed by atoms with van der Waals surface area (Å²) in [6.07, 6.45) is 7.42. The zero-order valence-electron chi connectivity index (χ0n) is 14.9. The third-order valence-corrected chi connectivity index (χ3v) is 4.29. The number of anilines is 2. The second-order valence-electron chi connectivity index (χ2n) is 6.58.